The number of hydrogen-bond donors (Lipinski definition) is 2. The van der Waals surface area contributed by atoms with E-state index in [4.69, 9.17) is 5.73 Å². The fourth-order valence-corrected chi connectivity index (χ4v) is 3.20. The van der Waals surface area contributed by atoms with E-state index in [-0.39, 0.29) is 0 Å². The molecule has 2 heterocycles. The molecule has 2 unspecified atom stereocenters. The van der Waals surface area contributed by atoms with Gasteiger partial charge in [0.2, 0.25) is 0 Å². The highest BCUT2D eigenvalue weighted by atomic mass is 14.9. The first-order valence-corrected chi connectivity index (χ1v) is 7.38. The lowest BCUT2D eigenvalue weighted by Gasteiger charge is -2.16. The lowest BCUT2D eigenvalue weighted by Crippen LogP contribution is -2.18. The van der Waals surface area contributed by atoms with Gasteiger partial charge in [-0.25, -0.2) is 9.97 Å². The summed E-state index contributed by atoms with van der Waals surface area (Å²) in [6, 6.07) is 2.50. The lowest BCUT2D eigenvalue weighted by atomic mass is 9.92. The van der Waals surface area contributed by atoms with Crippen LogP contribution in [0.3, 0.4) is 0 Å². The third kappa shape index (κ3) is 2.78. The van der Waals surface area contributed by atoms with Crippen molar-refractivity contribution in [3.63, 3.8) is 0 Å². The van der Waals surface area contributed by atoms with Gasteiger partial charge in [-0.3, -0.25) is 0 Å². The van der Waals surface area contributed by atoms with Crippen molar-refractivity contribution in [3.8, 4) is 0 Å². The van der Waals surface area contributed by atoms with Crippen molar-refractivity contribution in [2.24, 2.45) is 5.73 Å². The summed E-state index contributed by atoms with van der Waals surface area (Å²) in [6.45, 7) is 0. The fraction of sp³-hybridized carbons (Fsp3) is 0.600. The van der Waals surface area contributed by atoms with Crippen LogP contribution < -0.4 is 5.73 Å². The number of nitrogens with one attached hydrogen (secondary N) is 1. The van der Waals surface area contributed by atoms with E-state index in [9.17, 15) is 0 Å². The molecule has 0 amide bonds. The number of rotatable bonds is 1. The average Bonchev–Trinajstić information content (AvgIpc) is 2.91. The van der Waals surface area contributed by atoms with E-state index in [0.717, 1.165) is 12.1 Å². The monoisotopic (exact) mass is 258 g/mol. The predicted octanol–water partition coefficient (Wildman–Crippen LogP) is 3.11. The molecule has 0 aromatic carbocycles. The minimum atomic E-state index is 0.399. The van der Waals surface area contributed by atoms with E-state index in [1.807, 2.05) is 6.20 Å². The first kappa shape index (κ1) is 12.6. The lowest BCUT2D eigenvalue weighted by molar-refractivity contribution is 0.521. The van der Waals surface area contributed by atoms with Gasteiger partial charge in [0.1, 0.15) is 12.0 Å². The molecule has 3 rings (SSSR count). The molecule has 0 saturated heterocycles. The van der Waals surface area contributed by atoms with Gasteiger partial charge in [0, 0.05) is 23.5 Å². The maximum Gasteiger partial charge on any atom is 0.140 e. The number of aromatic amines is 1. The summed E-state index contributed by atoms with van der Waals surface area (Å²) >= 11 is 0. The number of H-pyrrole nitrogens is 1. The van der Waals surface area contributed by atoms with Gasteiger partial charge in [0.15, 0.2) is 0 Å². The largest absolute Gasteiger partial charge is 0.346 e. The second-order valence-corrected chi connectivity index (χ2v) is 5.67. The Morgan fingerprint density at radius 1 is 1.05 bits per heavy atom. The molecule has 1 saturated carbocycles. The van der Waals surface area contributed by atoms with Crippen molar-refractivity contribution >= 4 is 11.0 Å². The Labute approximate surface area is 113 Å². The Balaban J connectivity index is 1.84. The molecule has 3 N–H and O–H groups in total. The third-order valence-corrected chi connectivity index (χ3v) is 4.28. The smallest absolute Gasteiger partial charge is 0.140 e. The van der Waals surface area contributed by atoms with Crippen LogP contribution in [0.5, 0.6) is 0 Å². The molecule has 1 aliphatic rings. The van der Waals surface area contributed by atoms with Gasteiger partial charge in [-0.2, -0.15) is 0 Å². The van der Waals surface area contributed by atoms with Crippen LogP contribution in [0.4, 0.5) is 0 Å². The van der Waals surface area contributed by atoms with Crippen LogP contribution in [0.25, 0.3) is 11.0 Å². The zero-order chi connectivity index (χ0) is 13.1. The zero-order valence-electron chi connectivity index (χ0n) is 11.3. The minimum Gasteiger partial charge on any atom is -0.346 e. The molecule has 102 valence electrons. The van der Waals surface area contributed by atoms with Crippen molar-refractivity contribution in [1.29, 1.82) is 0 Å². The predicted molar refractivity (Wildman–Crippen MR) is 76.9 cm³/mol. The van der Waals surface area contributed by atoms with Crippen molar-refractivity contribution < 1.29 is 0 Å². The summed E-state index contributed by atoms with van der Waals surface area (Å²) in [7, 11) is 0. The van der Waals surface area contributed by atoms with Gasteiger partial charge < -0.3 is 10.7 Å². The Morgan fingerprint density at radius 3 is 2.79 bits per heavy atom. The zero-order valence-corrected chi connectivity index (χ0v) is 11.3. The first-order chi connectivity index (χ1) is 9.34. The minimum absolute atomic E-state index is 0.399. The maximum atomic E-state index is 6.10. The van der Waals surface area contributed by atoms with Gasteiger partial charge in [-0.15, -0.1) is 0 Å². The third-order valence-electron chi connectivity index (χ3n) is 4.28. The van der Waals surface area contributed by atoms with E-state index in [1.54, 1.807) is 6.33 Å². The highest BCUT2D eigenvalue weighted by molar-refractivity contribution is 5.78. The maximum absolute atomic E-state index is 6.10. The molecule has 1 aliphatic carbocycles. The van der Waals surface area contributed by atoms with Crippen molar-refractivity contribution in [1.82, 2.24) is 15.0 Å². The Hall–Kier alpha value is -1.42. The van der Waals surface area contributed by atoms with Gasteiger partial charge in [-0.1, -0.05) is 19.3 Å². The summed E-state index contributed by atoms with van der Waals surface area (Å²) in [5, 5.41) is 1.19. The van der Waals surface area contributed by atoms with Crippen LogP contribution in [-0.2, 0) is 0 Å². The standard InChI is InChI=1S/C15H22N4/c16-12-6-2-1-4-11(5-3-7-12)14-13-8-9-17-15(13)19-10-18-14/h8-12H,1-7,16H2,(H,17,18,19). The van der Waals surface area contributed by atoms with Gasteiger partial charge in [0.25, 0.3) is 0 Å². The van der Waals surface area contributed by atoms with Gasteiger partial charge >= 0.3 is 0 Å². The highest BCUT2D eigenvalue weighted by Gasteiger charge is 2.18. The van der Waals surface area contributed by atoms with E-state index in [2.05, 4.69) is 21.0 Å². The molecular weight excluding hydrogens is 236 g/mol. The molecular formula is C15H22N4. The molecule has 4 nitrogen and oxygen atoms in total. The van der Waals surface area contributed by atoms with Crippen molar-refractivity contribution in [2.45, 2.75) is 56.9 Å². The number of nitrogens with zero attached hydrogens (tertiary/aromatic N) is 2. The molecule has 0 aliphatic heterocycles. The van der Waals surface area contributed by atoms with Crippen LogP contribution in [0.15, 0.2) is 18.6 Å². The summed E-state index contributed by atoms with van der Waals surface area (Å²) in [5.74, 6) is 0.562. The van der Waals surface area contributed by atoms with Crippen LogP contribution in [0.1, 0.15) is 56.6 Å². The Kier molecular flexibility index (Phi) is 3.78. The molecule has 0 bridgehead atoms. The molecule has 2 aromatic rings. The summed E-state index contributed by atoms with van der Waals surface area (Å²) in [6.07, 6.45) is 12.1. The summed E-state index contributed by atoms with van der Waals surface area (Å²) in [5.41, 5.74) is 8.28. The average molecular weight is 258 g/mol. The second kappa shape index (κ2) is 5.70. The van der Waals surface area contributed by atoms with E-state index >= 15 is 0 Å². The van der Waals surface area contributed by atoms with Crippen molar-refractivity contribution in [2.75, 3.05) is 0 Å². The first-order valence-electron chi connectivity index (χ1n) is 7.38. The summed E-state index contributed by atoms with van der Waals surface area (Å²) in [4.78, 5) is 12.0. The molecule has 2 aromatic heterocycles. The molecule has 4 heteroatoms. The Morgan fingerprint density at radius 2 is 1.84 bits per heavy atom. The normalized spacial score (nSPS) is 25.7. The molecule has 0 radical (unpaired) electrons. The number of aromatic nitrogens is 3. The van der Waals surface area contributed by atoms with Gasteiger partial charge in [-0.05, 0) is 31.7 Å². The van der Waals surface area contributed by atoms with Crippen LogP contribution in [0.2, 0.25) is 0 Å². The number of nitrogens with two attached hydrogens (primary N) is 1. The fourth-order valence-electron chi connectivity index (χ4n) is 3.20. The second-order valence-electron chi connectivity index (χ2n) is 5.67. The van der Waals surface area contributed by atoms with E-state index in [1.165, 1.54) is 49.6 Å². The van der Waals surface area contributed by atoms with Crippen molar-refractivity contribution in [3.05, 3.63) is 24.3 Å². The van der Waals surface area contributed by atoms with E-state index in [0.29, 0.717) is 12.0 Å². The highest BCUT2D eigenvalue weighted by Crippen LogP contribution is 2.32. The molecule has 1 fully saturated rings. The molecule has 2 atom stereocenters. The quantitative estimate of drug-likeness (QED) is 0.825. The number of hydrogen-bond acceptors (Lipinski definition) is 3. The van der Waals surface area contributed by atoms with Crippen LogP contribution in [-0.4, -0.2) is 21.0 Å². The summed E-state index contributed by atoms with van der Waals surface area (Å²) < 4.78 is 0. The molecule has 19 heavy (non-hydrogen) atoms. The van der Waals surface area contributed by atoms with Crippen LogP contribution in [0, 0.1) is 0 Å². The molecule has 0 spiro atoms. The number of fused-ring (bicyclic) bond motifs is 1. The SMILES string of the molecule is NC1CCCCC(c2ncnc3[nH]ccc23)CCC1. The van der Waals surface area contributed by atoms with Crippen LogP contribution >= 0.6 is 0 Å². The topological polar surface area (TPSA) is 67.6 Å². The van der Waals surface area contributed by atoms with E-state index < -0.39 is 0 Å². The Bertz CT molecular complexity index is 534. The van der Waals surface area contributed by atoms with Gasteiger partial charge in [0.05, 0.1) is 5.69 Å².